The number of unbranched alkanes of at least 4 members (excludes halogenated alkanes) is 4. The van der Waals surface area contributed by atoms with Gasteiger partial charge in [-0.3, -0.25) is 4.79 Å². The molecule has 7 rings (SSSR count). The van der Waals surface area contributed by atoms with Crippen LogP contribution in [-0.2, 0) is 10.2 Å². The number of allylic oxidation sites excluding steroid dienone is 4. The van der Waals surface area contributed by atoms with Crippen LogP contribution in [0, 0.1) is 0 Å². The highest BCUT2D eigenvalue weighted by atomic mass is 16.1. The van der Waals surface area contributed by atoms with Gasteiger partial charge in [-0.1, -0.05) is 136 Å². The Hall–Kier alpha value is -6.19. The molecule has 0 saturated carbocycles. The molecule has 0 amide bonds. The van der Waals surface area contributed by atoms with Crippen molar-refractivity contribution in [1.29, 1.82) is 0 Å². The quantitative estimate of drug-likeness (QED) is 0.0471. The van der Waals surface area contributed by atoms with Crippen LogP contribution in [0.1, 0.15) is 68.9 Å². The lowest BCUT2D eigenvalue weighted by Crippen LogP contribution is -2.26. The molecule has 0 spiro atoms. The lowest BCUT2D eigenvalue weighted by molar-refractivity contribution is -0.114. The van der Waals surface area contributed by atoms with Gasteiger partial charge in [0.2, 0.25) is 0 Å². The van der Waals surface area contributed by atoms with Crippen molar-refractivity contribution in [3.05, 3.63) is 206 Å². The van der Waals surface area contributed by atoms with Gasteiger partial charge in [0.1, 0.15) is 0 Å². The molecular formula is C53H52N2O. The third kappa shape index (κ3) is 8.38. The second-order valence-corrected chi connectivity index (χ2v) is 14.7. The molecule has 1 aliphatic carbocycles. The Labute approximate surface area is 334 Å². The minimum atomic E-state index is -0.223. The lowest BCUT2D eigenvalue weighted by atomic mass is 9.70. The van der Waals surface area contributed by atoms with E-state index in [0.29, 0.717) is 6.42 Å². The van der Waals surface area contributed by atoms with Crippen molar-refractivity contribution in [1.82, 2.24) is 0 Å². The van der Waals surface area contributed by atoms with Crippen LogP contribution >= 0.6 is 0 Å². The number of hydrogen-bond donors (Lipinski definition) is 0. The number of nitrogens with zero attached hydrogens (tertiary/aromatic N) is 2. The molecule has 0 unspecified atom stereocenters. The Morgan fingerprint density at radius 2 is 0.929 bits per heavy atom. The summed E-state index contributed by atoms with van der Waals surface area (Å²) in [5.41, 5.74) is 12.0. The van der Waals surface area contributed by atoms with Crippen LogP contribution in [0.15, 0.2) is 195 Å². The fourth-order valence-corrected chi connectivity index (χ4v) is 8.50. The summed E-state index contributed by atoms with van der Waals surface area (Å²) in [6.45, 7) is 7.59. The average molecular weight is 733 g/mol. The largest absolute Gasteiger partial charge is 0.310 e. The molecule has 280 valence electrons. The number of fused-ring (bicyclic) bond motifs is 3. The van der Waals surface area contributed by atoms with E-state index in [1.807, 2.05) is 6.08 Å². The highest BCUT2D eigenvalue weighted by Crippen LogP contribution is 2.57. The minimum Gasteiger partial charge on any atom is -0.310 e. The maximum absolute atomic E-state index is 12.2. The molecule has 6 aromatic carbocycles. The molecule has 0 aromatic heterocycles. The summed E-state index contributed by atoms with van der Waals surface area (Å²) < 4.78 is 0. The van der Waals surface area contributed by atoms with E-state index in [4.69, 9.17) is 0 Å². The van der Waals surface area contributed by atoms with Crippen molar-refractivity contribution < 1.29 is 4.79 Å². The smallest absolute Gasteiger partial charge is 0.155 e. The fourth-order valence-electron chi connectivity index (χ4n) is 8.50. The van der Waals surface area contributed by atoms with E-state index >= 15 is 0 Å². The topological polar surface area (TPSA) is 23.6 Å². The molecule has 0 bridgehead atoms. The molecule has 0 N–H and O–H groups in total. The van der Waals surface area contributed by atoms with Gasteiger partial charge in [-0.15, -0.1) is 0 Å². The highest BCUT2D eigenvalue weighted by molar-refractivity contribution is 5.89. The third-order valence-corrected chi connectivity index (χ3v) is 11.2. The first kappa shape index (κ1) is 38.1. The van der Waals surface area contributed by atoms with Crippen molar-refractivity contribution in [3.8, 4) is 11.1 Å². The molecule has 0 saturated heterocycles. The van der Waals surface area contributed by atoms with Gasteiger partial charge in [-0.2, -0.15) is 0 Å². The number of hydrogen-bond acceptors (Lipinski definition) is 3. The highest BCUT2D eigenvalue weighted by Gasteiger charge is 2.43. The molecular weight excluding hydrogens is 681 g/mol. The van der Waals surface area contributed by atoms with Gasteiger partial charge in [-0.05, 0) is 133 Å². The summed E-state index contributed by atoms with van der Waals surface area (Å²) in [5.74, 6) is 0.127. The third-order valence-electron chi connectivity index (χ3n) is 11.2. The zero-order valence-electron chi connectivity index (χ0n) is 32.4. The second kappa shape index (κ2) is 18.4. The van der Waals surface area contributed by atoms with Crippen molar-refractivity contribution in [2.45, 2.75) is 63.2 Å². The maximum atomic E-state index is 12.2. The lowest BCUT2D eigenvalue weighted by Gasteiger charge is -2.35. The number of anilines is 6. The van der Waals surface area contributed by atoms with E-state index in [2.05, 4.69) is 193 Å². The Morgan fingerprint density at radius 3 is 1.34 bits per heavy atom. The van der Waals surface area contributed by atoms with E-state index in [0.717, 1.165) is 85.5 Å². The molecule has 56 heavy (non-hydrogen) atoms. The average Bonchev–Trinajstić information content (AvgIpc) is 3.51. The molecule has 0 heterocycles. The minimum absolute atomic E-state index is 0.127. The molecule has 0 atom stereocenters. The summed E-state index contributed by atoms with van der Waals surface area (Å²) in [6, 6.07) is 57.1. The first-order valence-electron chi connectivity index (χ1n) is 20.2. The van der Waals surface area contributed by atoms with Crippen LogP contribution in [0.2, 0.25) is 0 Å². The second-order valence-electron chi connectivity index (χ2n) is 14.7. The molecule has 0 radical (unpaired) electrons. The van der Waals surface area contributed by atoms with E-state index in [1.165, 1.54) is 28.3 Å². The van der Waals surface area contributed by atoms with Crippen LogP contribution in [0.3, 0.4) is 0 Å². The maximum Gasteiger partial charge on any atom is 0.155 e. The van der Waals surface area contributed by atoms with Crippen LogP contribution in [-0.4, -0.2) is 5.78 Å². The molecule has 0 fully saturated rings. The summed E-state index contributed by atoms with van der Waals surface area (Å²) in [7, 11) is 0. The Morgan fingerprint density at radius 1 is 0.500 bits per heavy atom. The predicted molar refractivity (Wildman–Crippen MR) is 238 cm³/mol. The summed E-state index contributed by atoms with van der Waals surface area (Å²) >= 11 is 0. The first-order chi connectivity index (χ1) is 27.6. The Kier molecular flexibility index (Phi) is 12.5. The van der Waals surface area contributed by atoms with Gasteiger partial charge < -0.3 is 9.80 Å². The van der Waals surface area contributed by atoms with E-state index in [1.54, 1.807) is 0 Å². The zero-order chi connectivity index (χ0) is 38.6. The molecule has 3 heteroatoms. The summed E-state index contributed by atoms with van der Waals surface area (Å²) in [5, 5.41) is 0. The fraction of sp³-hybridized carbons (Fsp3) is 0.189. The van der Waals surface area contributed by atoms with Crippen molar-refractivity contribution >= 4 is 39.9 Å². The normalized spacial score (nSPS) is 12.5. The number of carbonyl (C=O) groups is 1. The van der Waals surface area contributed by atoms with Crippen LogP contribution in [0.4, 0.5) is 34.1 Å². The monoisotopic (exact) mass is 732 g/mol. The van der Waals surface area contributed by atoms with Gasteiger partial charge >= 0.3 is 0 Å². The van der Waals surface area contributed by atoms with Crippen molar-refractivity contribution in [3.63, 3.8) is 0 Å². The Bertz CT molecular complexity index is 2030. The standard InChI is InChI=1S/C53H52N2O/c1-3-5-6-7-8-23-38-53(39-24-13-22-33-48(56)4-2)51-40-46(54(42-25-14-9-15-26-42)43-27-16-10-17-28-43)34-36-49(51)50-37-35-47(41-52(50)53)55(44-29-18-11-19-30-44)45-31-20-12-21-32-45/h3-6,9-12,14-21,25-32,34-37,40-41H,1-2,7-8,13,22-24,33,38-39H2/b6-5+. The van der Waals surface area contributed by atoms with Gasteiger partial charge in [0, 0.05) is 46.0 Å². The van der Waals surface area contributed by atoms with Crippen molar-refractivity contribution in [2.24, 2.45) is 0 Å². The molecule has 1 aliphatic rings. The van der Waals surface area contributed by atoms with Gasteiger partial charge in [0.25, 0.3) is 0 Å². The van der Waals surface area contributed by atoms with Crippen molar-refractivity contribution in [2.75, 3.05) is 9.80 Å². The molecule has 0 aliphatic heterocycles. The number of carbonyl (C=O) groups excluding carboxylic acids is 1. The number of ketones is 1. The number of benzene rings is 6. The van der Waals surface area contributed by atoms with Gasteiger partial charge in [0.05, 0.1) is 0 Å². The SMILES string of the molecule is C=C/C=C/CCCCC1(CCCCCC(=O)C=C)c2cc(N(c3ccccc3)c3ccccc3)ccc2-c2ccc(N(c3ccccc3)c3ccccc3)cc21. The van der Waals surface area contributed by atoms with Crippen LogP contribution in [0.5, 0.6) is 0 Å². The van der Waals surface area contributed by atoms with E-state index < -0.39 is 0 Å². The molecule has 3 nitrogen and oxygen atoms in total. The van der Waals surface area contributed by atoms with Gasteiger partial charge in [0.15, 0.2) is 5.78 Å². The van der Waals surface area contributed by atoms with E-state index in [9.17, 15) is 4.79 Å². The molecule has 6 aromatic rings. The number of rotatable bonds is 19. The van der Waals surface area contributed by atoms with E-state index in [-0.39, 0.29) is 11.2 Å². The zero-order valence-corrected chi connectivity index (χ0v) is 32.4. The van der Waals surface area contributed by atoms with Crippen LogP contribution < -0.4 is 9.80 Å². The van der Waals surface area contributed by atoms with Crippen LogP contribution in [0.25, 0.3) is 11.1 Å². The number of para-hydroxylation sites is 4. The summed E-state index contributed by atoms with van der Waals surface area (Å²) in [4.78, 5) is 17.0. The predicted octanol–water partition coefficient (Wildman–Crippen LogP) is 14.9. The summed E-state index contributed by atoms with van der Waals surface area (Å²) in [6.07, 6.45) is 16.3. The van der Waals surface area contributed by atoms with Gasteiger partial charge in [-0.25, -0.2) is 0 Å². The first-order valence-corrected chi connectivity index (χ1v) is 20.2. The Balaban J connectivity index is 1.39.